The molecule has 0 spiro atoms. The molecule has 0 amide bonds. The van der Waals surface area contributed by atoms with Crippen LogP contribution in [0, 0.1) is 5.92 Å². The van der Waals surface area contributed by atoms with Gasteiger partial charge < -0.3 is 10.2 Å². The minimum absolute atomic E-state index is 0.00796. The lowest BCUT2D eigenvalue weighted by Gasteiger charge is -2.30. The molecule has 16 heavy (non-hydrogen) atoms. The summed E-state index contributed by atoms with van der Waals surface area (Å²) < 4.78 is -0.390. The lowest BCUT2D eigenvalue weighted by atomic mass is 9.85. The first-order chi connectivity index (χ1) is 7.57. The van der Waals surface area contributed by atoms with E-state index in [0.29, 0.717) is 6.42 Å². The first-order valence-corrected chi connectivity index (χ1v) is 6.21. The second kappa shape index (κ2) is 5.55. The number of aliphatic hydroxyl groups excluding tert-OH is 1. The Hall–Kier alpha value is -0.740. The van der Waals surface area contributed by atoms with Crippen LogP contribution in [-0.2, 0) is 4.79 Å². The van der Waals surface area contributed by atoms with E-state index in [1.807, 2.05) is 12.2 Å². The van der Waals surface area contributed by atoms with Crippen LogP contribution in [0.1, 0.15) is 19.3 Å². The van der Waals surface area contributed by atoms with Crippen LogP contribution >= 0.6 is 11.8 Å². The molecule has 4 heteroatoms. The molecular weight excluding hydrogens is 224 g/mol. The van der Waals surface area contributed by atoms with Crippen molar-refractivity contribution in [3.05, 3.63) is 25.3 Å². The molecule has 1 rings (SSSR count). The molecule has 1 aliphatic heterocycles. The van der Waals surface area contributed by atoms with Crippen molar-refractivity contribution in [2.75, 3.05) is 6.61 Å². The first kappa shape index (κ1) is 13.3. The Morgan fingerprint density at radius 2 is 2.19 bits per heavy atom. The van der Waals surface area contributed by atoms with Gasteiger partial charge >= 0.3 is 5.97 Å². The lowest BCUT2D eigenvalue weighted by Crippen LogP contribution is -2.34. The number of allylic oxidation sites excluding steroid dienone is 1. The van der Waals surface area contributed by atoms with Crippen molar-refractivity contribution in [1.82, 2.24) is 0 Å². The van der Waals surface area contributed by atoms with E-state index in [-0.39, 0.29) is 28.9 Å². The van der Waals surface area contributed by atoms with Crippen LogP contribution in [-0.4, -0.2) is 32.8 Å². The van der Waals surface area contributed by atoms with Crippen LogP contribution in [0.5, 0.6) is 0 Å². The third-order valence-corrected chi connectivity index (χ3v) is 4.92. The van der Waals surface area contributed by atoms with Crippen molar-refractivity contribution >= 4 is 17.7 Å². The van der Waals surface area contributed by atoms with Crippen molar-refractivity contribution < 1.29 is 15.0 Å². The summed E-state index contributed by atoms with van der Waals surface area (Å²) in [7, 11) is 0. The van der Waals surface area contributed by atoms with E-state index < -0.39 is 5.97 Å². The molecule has 1 heterocycles. The van der Waals surface area contributed by atoms with Gasteiger partial charge in [-0.3, -0.25) is 4.79 Å². The van der Waals surface area contributed by atoms with Gasteiger partial charge in [-0.05, 0) is 18.8 Å². The summed E-state index contributed by atoms with van der Waals surface area (Å²) in [6.45, 7) is 7.52. The number of hydrogen-bond donors (Lipinski definition) is 2. The Morgan fingerprint density at radius 3 is 2.62 bits per heavy atom. The minimum Gasteiger partial charge on any atom is -0.481 e. The molecule has 0 radical (unpaired) electrons. The summed E-state index contributed by atoms with van der Waals surface area (Å²) in [4.78, 5) is 10.6. The van der Waals surface area contributed by atoms with Crippen LogP contribution < -0.4 is 0 Å². The maximum Gasteiger partial charge on any atom is 0.303 e. The zero-order valence-corrected chi connectivity index (χ0v) is 10.1. The van der Waals surface area contributed by atoms with E-state index in [0.717, 1.165) is 6.42 Å². The molecule has 2 N–H and O–H groups in total. The van der Waals surface area contributed by atoms with Gasteiger partial charge in [0.1, 0.15) is 0 Å². The Bertz CT molecular complexity index is 290. The van der Waals surface area contributed by atoms with Crippen molar-refractivity contribution in [2.24, 2.45) is 5.92 Å². The topological polar surface area (TPSA) is 57.5 Å². The highest BCUT2D eigenvalue weighted by Crippen LogP contribution is 2.50. The van der Waals surface area contributed by atoms with Crippen molar-refractivity contribution in [3.8, 4) is 0 Å². The SMILES string of the molecule is C=CC1CC(C=C)[C@](CO)(CCC(=O)O)S1. The monoisotopic (exact) mass is 242 g/mol. The molecule has 1 aliphatic rings. The minimum atomic E-state index is -0.821. The zero-order chi connectivity index (χ0) is 12.2. The van der Waals surface area contributed by atoms with Crippen LogP contribution in [0.15, 0.2) is 25.3 Å². The average Bonchev–Trinajstić information content (AvgIpc) is 2.65. The number of carbonyl (C=O) groups is 1. The van der Waals surface area contributed by atoms with Gasteiger partial charge in [0, 0.05) is 16.4 Å². The van der Waals surface area contributed by atoms with Crippen LogP contribution in [0.2, 0.25) is 0 Å². The standard InChI is InChI=1S/C12H18O3S/c1-3-9-7-10(4-2)16-12(9,8-13)6-5-11(14)15/h3-4,9-10,13H,1-2,5-8H2,(H,14,15)/t9?,10?,12-/m1/s1. The second-order valence-corrected chi connectivity index (χ2v) is 5.74. The predicted molar refractivity (Wildman–Crippen MR) is 66.6 cm³/mol. The highest BCUT2D eigenvalue weighted by Gasteiger charge is 2.45. The predicted octanol–water partition coefficient (Wildman–Crippen LogP) is 2.08. The molecule has 90 valence electrons. The van der Waals surface area contributed by atoms with Gasteiger partial charge in [0.15, 0.2) is 0 Å². The molecule has 1 fully saturated rings. The van der Waals surface area contributed by atoms with Gasteiger partial charge in [-0.25, -0.2) is 0 Å². The van der Waals surface area contributed by atoms with Crippen molar-refractivity contribution in [2.45, 2.75) is 29.3 Å². The highest BCUT2D eigenvalue weighted by atomic mass is 32.2. The molecule has 0 aromatic rings. The van der Waals surface area contributed by atoms with Gasteiger partial charge in [0.25, 0.3) is 0 Å². The number of rotatable bonds is 6. The number of carboxylic acid groups (broad SMARTS) is 1. The molecule has 1 saturated heterocycles. The third-order valence-electron chi connectivity index (χ3n) is 3.13. The van der Waals surface area contributed by atoms with E-state index in [9.17, 15) is 9.90 Å². The quantitative estimate of drug-likeness (QED) is 0.700. The first-order valence-electron chi connectivity index (χ1n) is 5.33. The van der Waals surface area contributed by atoms with Gasteiger partial charge in [-0.2, -0.15) is 0 Å². The van der Waals surface area contributed by atoms with Gasteiger partial charge in [-0.15, -0.1) is 24.9 Å². The van der Waals surface area contributed by atoms with E-state index in [1.165, 1.54) is 0 Å². The molecule has 3 nitrogen and oxygen atoms in total. The van der Waals surface area contributed by atoms with E-state index in [1.54, 1.807) is 11.8 Å². The summed E-state index contributed by atoms with van der Waals surface area (Å²) in [5.41, 5.74) is 0. The fourth-order valence-electron chi connectivity index (χ4n) is 2.15. The zero-order valence-electron chi connectivity index (χ0n) is 9.26. The molecule has 2 unspecified atom stereocenters. The van der Waals surface area contributed by atoms with Gasteiger partial charge in [0.2, 0.25) is 0 Å². The molecular formula is C12H18O3S. The van der Waals surface area contributed by atoms with Crippen LogP contribution in [0.3, 0.4) is 0 Å². The molecule has 0 aliphatic carbocycles. The number of hydrogen-bond acceptors (Lipinski definition) is 3. The summed E-state index contributed by atoms with van der Waals surface area (Å²) in [5.74, 6) is -0.664. The Kier molecular flexibility index (Phi) is 4.62. The fraction of sp³-hybridized carbons (Fsp3) is 0.583. The smallest absolute Gasteiger partial charge is 0.303 e. The molecule has 0 aromatic carbocycles. The number of carboxylic acids is 1. The maximum atomic E-state index is 10.6. The number of thioether (sulfide) groups is 1. The van der Waals surface area contributed by atoms with Crippen molar-refractivity contribution in [3.63, 3.8) is 0 Å². The Labute approximate surface area is 100 Å². The third kappa shape index (κ3) is 2.68. The van der Waals surface area contributed by atoms with Gasteiger partial charge in [-0.1, -0.05) is 12.2 Å². The molecule has 3 atom stereocenters. The molecule has 0 aromatic heterocycles. The molecule has 0 bridgehead atoms. The maximum absolute atomic E-state index is 10.6. The van der Waals surface area contributed by atoms with E-state index in [4.69, 9.17) is 5.11 Å². The van der Waals surface area contributed by atoms with E-state index >= 15 is 0 Å². The Balaban J connectivity index is 2.78. The molecule has 0 saturated carbocycles. The second-order valence-electron chi connectivity index (χ2n) is 4.09. The largest absolute Gasteiger partial charge is 0.481 e. The number of aliphatic hydroxyl groups is 1. The highest BCUT2D eigenvalue weighted by molar-refractivity contribution is 8.01. The summed E-state index contributed by atoms with van der Waals surface area (Å²) in [6, 6.07) is 0. The normalized spacial score (nSPS) is 33.6. The van der Waals surface area contributed by atoms with Crippen LogP contribution in [0.4, 0.5) is 0 Å². The average molecular weight is 242 g/mol. The Morgan fingerprint density at radius 1 is 1.50 bits per heavy atom. The summed E-state index contributed by atoms with van der Waals surface area (Å²) in [6.07, 6.45) is 5.14. The van der Waals surface area contributed by atoms with Crippen LogP contribution in [0.25, 0.3) is 0 Å². The van der Waals surface area contributed by atoms with Gasteiger partial charge in [0.05, 0.1) is 6.61 Å². The number of aliphatic carboxylic acids is 1. The fourth-order valence-corrected chi connectivity index (χ4v) is 3.82. The van der Waals surface area contributed by atoms with Crippen molar-refractivity contribution in [1.29, 1.82) is 0 Å². The summed E-state index contributed by atoms with van der Waals surface area (Å²) >= 11 is 1.63. The summed E-state index contributed by atoms with van der Waals surface area (Å²) in [5, 5.41) is 18.6. The van der Waals surface area contributed by atoms with E-state index in [2.05, 4.69) is 13.2 Å². The lowest BCUT2D eigenvalue weighted by molar-refractivity contribution is -0.137.